The number of amides is 1. The van der Waals surface area contributed by atoms with Crippen molar-refractivity contribution in [3.05, 3.63) is 48.2 Å². The topological polar surface area (TPSA) is 120 Å². The van der Waals surface area contributed by atoms with E-state index in [1.165, 1.54) is 31.0 Å². The molecule has 13 heteroatoms. The number of nitrogens with one attached hydrogen (secondary N) is 1. The molecule has 1 aromatic heterocycles. The molecule has 1 saturated carbocycles. The maximum atomic E-state index is 14.0. The lowest BCUT2D eigenvalue weighted by Crippen LogP contribution is -2.39. The Morgan fingerprint density at radius 1 is 0.956 bits per heavy atom. The van der Waals surface area contributed by atoms with Crippen molar-refractivity contribution in [3.63, 3.8) is 0 Å². The first-order valence-electron chi connectivity index (χ1n) is 15.3. The molecule has 242 valence electrons. The first-order chi connectivity index (χ1) is 21.2. The number of benzene rings is 2. The van der Waals surface area contributed by atoms with Crippen LogP contribution in [0.4, 0.5) is 25.8 Å². The van der Waals surface area contributed by atoms with Crippen LogP contribution >= 0.6 is 7.14 Å². The summed E-state index contributed by atoms with van der Waals surface area (Å²) < 4.78 is 66.6. The lowest BCUT2D eigenvalue weighted by atomic mass is 9.93. The van der Waals surface area contributed by atoms with Crippen LogP contribution < -0.4 is 20.4 Å². The molecule has 2 aliphatic heterocycles. The quantitative estimate of drug-likeness (QED) is 0.320. The number of aromatic nitrogens is 1. The van der Waals surface area contributed by atoms with E-state index in [1.54, 1.807) is 37.7 Å². The van der Waals surface area contributed by atoms with E-state index < -0.39 is 41.2 Å². The van der Waals surface area contributed by atoms with Gasteiger partial charge in [0.15, 0.2) is 9.84 Å². The summed E-state index contributed by atoms with van der Waals surface area (Å²) in [7, 11) is -6.41. The number of piperidine rings is 2. The van der Waals surface area contributed by atoms with Gasteiger partial charge in [0.1, 0.15) is 7.14 Å². The standard InChI is InChI=1S/C32H39F2N4O5PS/c1-44(2,41)24-18-22-17-23(19-28(29(22)35-21-24)38-13-9-32(33,34)10-14-38)36-30(40)26-4-3-25(45(42,43)16-15-39)20-27(26)37-11-7-31(5-6-31)8-12-37/h3-4,17-21,39H,5-16H2,1-2H3,(H,36,40). The number of aliphatic hydroxyl groups is 1. The number of rotatable bonds is 8. The monoisotopic (exact) mass is 660 g/mol. The van der Waals surface area contributed by atoms with E-state index in [1.807, 2.05) is 4.90 Å². The molecule has 0 atom stereocenters. The summed E-state index contributed by atoms with van der Waals surface area (Å²) in [6.45, 7) is 4.42. The smallest absolute Gasteiger partial charge is 0.257 e. The fourth-order valence-corrected chi connectivity index (χ4v) is 8.22. The molecule has 0 bridgehead atoms. The van der Waals surface area contributed by atoms with Crippen LogP contribution in [0.25, 0.3) is 10.9 Å². The average Bonchev–Trinajstić information content (AvgIpc) is 3.74. The highest BCUT2D eigenvalue weighted by molar-refractivity contribution is 7.91. The van der Waals surface area contributed by atoms with E-state index in [0.717, 1.165) is 12.8 Å². The van der Waals surface area contributed by atoms with E-state index in [9.17, 15) is 31.7 Å². The van der Waals surface area contributed by atoms with Crippen molar-refractivity contribution in [2.24, 2.45) is 5.41 Å². The predicted octanol–water partition coefficient (Wildman–Crippen LogP) is 5.12. The lowest BCUT2D eigenvalue weighted by Gasteiger charge is -2.35. The number of nitrogens with zero attached hydrogens (tertiary/aromatic N) is 3. The van der Waals surface area contributed by atoms with Crippen LogP contribution in [0.5, 0.6) is 0 Å². The summed E-state index contributed by atoms with van der Waals surface area (Å²) >= 11 is 0. The molecule has 45 heavy (non-hydrogen) atoms. The molecule has 2 N–H and O–H groups in total. The van der Waals surface area contributed by atoms with Crippen LogP contribution in [0.15, 0.2) is 47.5 Å². The Bertz CT molecular complexity index is 1790. The third-order valence-corrected chi connectivity index (χ3v) is 12.7. The number of aliphatic hydroxyl groups excluding tert-OH is 1. The number of sulfone groups is 1. The molecular weight excluding hydrogens is 621 g/mol. The molecule has 3 heterocycles. The van der Waals surface area contributed by atoms with Crippen molar-refractivity contribution < 1.29 is 31.7 Å². The summed E-state index contributed by atoms with van der Waals surface area (Å²) in [4.78, 5) is 22.5. The number of carbonyl (C=O) groups is 1. The molecule has 9 nitrogen and oxygen atoms in total. The third-order valence-electron chi connectivity index (χ3n) is 9.52. The van der Waals surface area contributed by atoms with Gasteiger partial charge in [-0.25, -0.2) is 17.2 Å². The minimum atomic E-state index is -3.75. The van der Waals surface area contributed by atoms with Crippen LogP contribution in [0, 0.1) is 5.41 Å². The molecule has 0 radical (unpaired) electrons. The number of pyridine rings is 1. The average molecular weight is 661 g/mol. The summed E-state index contributed by atoms with van der Waals surface area (Å²) in [6.07, 6.45) is 5.30. The summed E-state index contributed by atoms with van der Waals surface area (Å²) in [5, 5.41) is 13.5. The molecule has 3 fully saturated rings. The van der Waals surface area contributed by atoms with E-state index in [0.29, 0.717) is 57.3 Å². The second-order valence-electron chi connectivity index (χ2n) is 13.1. The summed E-state index contributed by atoms with van der Waals surface area (Å²) in [5.74, 6) is -3.60. The number of hydrogen-bond acceptors (Lipinski definition) is 8. The highest BCUT2D eigenvalue weighted by Crippen LogP contribution is 2.54. The van der Waals surface area contributed by atoms with Gasteiger partial charge in [0, 0.05) is 61.6 Å². The van der Waals surface area contributed by atoms with Gasteiger partial charge in [-0.05, 0) is 80.8 Å². The molecule has 1 spiro atoms. The first-order valence-corrected chi connectivity index (χ1v) is 19.6. The van der Waals surface area contributed by atoms with Crippen LogP contribution in [-0.2, 0) is 14.4 Å². The number of hydrogen-bond donors (Lipinski definition) is 2. The Morgan fingerprint density at radius 3 is 2.22 bits per heavy atom. The van der Waals surface area contributed by atoms with E-state index in [2.05, 4.69) is 15.2 Å². The Balaban J connectivity index is 1.38. The van der Waals surface area contributed by atoms with Crippen LogP contribution in [0.1, 0.15) is 48.9 Å². The molecule has 3 aliphatic rings. The zero-order valence-corrected chi connectivity index (χ0v) is 27.3. The number of halogens is 2. The van der Waals surface area contributed by atoms with Gasteiger partial charge < -0.3 is 24.8 Å². The molecule has 2 aromatic carbocycles. The Morgan fingerprint density at radius 2 is 1.60 bits per heavy atom. The maximum Gasteiger partial charge on any atom is 0.257 e. The lowest BCUT2D eigenvalue weighted by molar-refractivity contribution is -0.0220. The fraction of sp³-hybridized carbons (Fsp3) is 0.500. The number of anilines is 3. The van der Waals surface area contributed by atoms with Crippen molar-refractivity contribution in [3.8, 4) is 0 Å². The first kappa shape index (κ1) is 31.9. The van der Waals surface area contributed by atoms with Gasteiger partial charge in [0.05, 0.1) is 39.7 Å². The minimum absolute atomic E-state index is 0.0480. The zero-order chi connectivity index (χ0) is 32.2. The zero-order valence-electron chi connectivity index (χ0n) is 25.6. The van der Waals surface area contributed by atoms with Crippen molar-refractivity contribution >= 4 is 56.2 Å². The summed E-state index contributed by atoms with van der Waals surface area (Å²) in [5.41, 5.74) is 2.78. The highest BCUT2D eigenvalue weighted by atomic mass is 32.2. The van der Waals surface area contributed by atoms with Crippen molar-refractivity contribution in [1.29, 1.82) is 0 Å². The molecule has 6 rings (SSSR count). The Labute approximate surface area is 262 Å². The number of carbonyl (C=O) groups excluding carboxylic acids is 1. The molecule has 1 amide bonds. The maximum absolute atomic E-state index is 14.0. The number of alkyl halides is 2. The van der Waals surface area contributed by atoms with Gasteiger partial charge in [0.2, 0.25) is 0 Å². The molecular formula is C32H39F2N4O5PS. The van der Waals surface area contributed by atoms with Gasteiger partial charge >= 0.3 is 0 Å². The minimum Gasteiger partial charge on any atom is -0.395 e. The Kier molecular flexibility index (Phi) is 8.23. The van der Waals surface area contributed by atoms with Gasteiger partial charge in [0.25, 0.3) is 11.8 Å². The van der Waals surface area contributed by atoms with Gasteiger partial charge in [-0.15, -0.1) is 0 Å². The van der Waals surface area contributed by atoms with Gasteiger partial charge in [-0.3, -0.25) is 9.78 Å². The second-order valence-corrected chi connectivity index (χ2v) is 18.4. The molecule has 0 unspecified atom stereocenters. The largest absolute Gasteiger partial charge is 0.395 e. The SMILES string of the molecule is CP(C)(=O)c1cnc2c(N3CCC(F)(F)CC3)cc(NC(=O)c3ccc(S(=O)(=O)CCO)cc3N3CCC4(CC3)CC4)cc2c1. The van der Waals surface area contributed by atoms with E-state index in [4.69, 9.17) is 0 Å². The van der Waals surface area contributed by atoms with Crippen LogP contribution in [0.2, 0.25) is 0 Å². The van der Waals surface area contributed by atoms with E-state index in [-0.39, 0.29) is 30.8 Å². The number of fused-ring (bicyclic) bond motifs is 1. The van der Waals surface area contributed by atoms with Crippen LogP contribution in [0.3, 0.4) is 0 Å². The normalized spacial score (nSPS) is 19.6. The molecule has 2 saturated heterocycles. The van der Waals surface area contributed by atoms with Crippen molar-refractivity contribution in [2.45, 2.75) is 49.3 Å². The van der Waals surface area contributed by atoms with Crippen LogP contribution in [-0.4, -0.2) is 82.2 Å². The van der Waals surface area contributed by atoms with E-state index >= 15 is 0 Å². The van der Waals surface area contributed by atoms with Crippen molar-refractivity contribution in [2.75, 3.05) is 67.0 Å². The van der Waals surface area contributed by atoms with Crippen molar-refractivity contribution in [1.82, 2.24) is 4.98 Å². The second kappa shape index (κ2) is 11.6. The molecule has 3 aromatic rings. The molecule has 1 aliphatic carbocycles. The summed E-state index contributed by atoms with van der Waals surface area (Å²) in [6, 6.07) is 9.67. The fourth-order valence-electron chi connectivity index (χ4n) is 6.40. The van der Waals surface area contributed by atoms with Gasteiger partial charge in [-0.1, -0.05) is 0 Å². The van der Waals surface area contributed by atoms with Gasteiger partial charge in [-0.2, -0.15) is 0 Å². The highest BCUT2D eigenvalue weighted by Gasteiger charge is 2.45. The third kappa shape index (κ3) is 6.74. The predicted molar refractivity (Wildman–Crippen MR) is 174 cm³/mol. The Hall–Kier alpha value is -3.08.